The molecule has 1 unspecified atom stereocenters. The molecule has 0 aromatic heterocycles. The monoisotopic (exact) mass is 298 g/mol. The van der Waals surface area contributed by atoms with Crippen LogP contribution in [-0.2, 0) is 9.22 Å². The molecule has 1 atom stereocenters. The van der Waals surface area contributed by atoms with E-state index in [2.05, 4.69) is 40.8 Å². The summed E-state index contributed by atoms with van der Waals surface area (Å²) in [4.78, 5) is 12.2. The van der Waals surface area contributed by atoms with E-state index >= 15 is 0 Å². The number of unbranched alkanes of at least 4 members (excludes halogenated alkanes) is 3. The molecule has 0 N–H and O–H groups in total. The first-order valence-electron chi connectivity index (χ1n) is 8.00. The van der Waals surface area contributed by atoms with Crippen LogP contribution in [-0.4, -0.2) is 20.2 Å². The van der Waals surface area contributed by atoms with Gasteiger partial charge in [0.05, 0.1) is 0 Å². The van der Waals surface area contributed by atoms with Crippen LogP contribution in [0.3, 0.4) is 0 Å². The topological polar surface area (TPSA) is 26.3 Å². The first kappa shape index (κ1) is 19.6. The van der Waals surface area contributed by atoms with Crippen molar-refractivity contribution in [3.63, 3.8) is 0 Å². The Morgan fingerprint density at radius 3 is 2.25 bits per heavy atom. The standard InChI is InChI=1S/C17H34O2Si/c1-8-10-11-12-14-16(15(18)13-9-2)19-20(6,7)17(3,4)5/h9,13,16H,8,10-12,14H2,1-7H3/b13-9+. The molecule has 2 nitrogen and oxygen atoms in total. The van der Waals surface area contributed by atoms with Gasteiger partial charge in [-0.2, -0.15) is 0 Å². The molecule has 0 radical (unpaired) electrons. The third-order valence-corrected chi connectivity index (χ3v) is 8.70. The largest absolute Gasteiger partial charge is 0.407 e. The van der Waals surface area contributed by atoms with E-state index in [9.17, 15) is 4.79 Å². The molecule has 0 aliphatic heterocycles. The molecule has 0 bridgehead atoms. The fraction of sp³-hybridized carbons (Fsp3) is 0.824. The average Bonchev–Trinajstić information content (AvgIpc) is 2.31. The van der Waals surface area contributed by atoms with Gasteiger partial charge in [-0.1, -0.05) is 59.5 Å². The molecular weight excluding hydrogens is 264 g/mol. The number of carbonyl (C=O) groups excluding carboxylic acids is 1. The molecule has 0 aliphatic rings. The van der Waals surface area contributed by atoms with Crippen LogP contribution >= 0.6 is 0 Å². The van der Waals surface area contributed by atoms with Crippen molar-refractivity contribution < 1.29 is 9.22 Å². The van der Waals surface area contributed by atoms with Crippen molar-refractivity contribution in [3.05, 3.63) is 12.2 Å². The van der Waals surface area contributed by atoms with Gasteiger partial charge < -0.3 is 4.43 Å². The van der Waals surface area contributed by atoms with Crippen molar-refractivity contribution in [2.45, 2.75) is 91.0 Å². The molecule has 0 heterocycles. The Hall–Kier alpha value is -0.413. The summed E-state index contributed by atoms with van der Waals surface area (Å²) >= 11 is 0. The maximum absolute atomic E-state index is 12.2. The van der Waals surface area contributed by atoms with E-state index in [-0.39, 0.29) is 16.9 Å². The molecule has 0 saturated carbocycles. The Morgan fingerprint density at radius 2 is 1.80 bits per heavy atom. The second-order valence-electron chi connectivity index (χ2n) is 7.12. The highest BCUT2D eigenvalue weighted by atomic mass is 28.4. The predicted molar refractivity (Wildman–Crippen MR) is 90.7 cm³/mol. The molecular formula is C17H34O2Si. The van der Waals surface area contributed by atoms with Crippen molar-refractivity contribution in [1.29, 1.82) is 0 Å². The summed E-state index contributed by atoms with van der Waals surface area (Å²) in [5.74, 6) is 0.133. The molecule has 118 valence electrons. The van der Waals surface area contributed by atoms with Gasteiger partial charge in [-0.25, -0.2) is 0 Å². The lowest BCUT2D eigenvalue weighted by molar-refractivity contribution is -0.121. The van der Waals surface area contributed by atoms with Crippen LogP contribution in [0.25, 0.3) is 0 Å². The van der Waals surface area contributed by atoms with Gasteiger partial charge >= 0.3 is 0 Å². The zero-order valence-electron chi connectivity index (χ0n) is 14.6. The van der Waals surface area contributed by atoms with Crippen molar-refractivity contribution in [3.8, 4) is 0 Å². The Bertz CT molecular complexity index is 313. The van der Waals surface area contributed by atoms with Crippen LogP contribution in [0.2, 0.25) is 18.1 Å². The average molecular weight is 299 g/mol. The van der Waals surface area contributed by atoms with Crippen LogP contribution in [0.4, 0.5) is 0 Å². The van der Waals surface area contributed by atoms with Crippen molar-refractivity contribution in [2.24, 2.45) is 0 Å². The zero-order chi connectivity index (χ0) is 15.8. The highest BCUT2D eigenvalue weighted by Gasteiger charge is 2.40. The fourth-order valence-corrected chi connectivity index (χ4v) is 3.12. The quantitative estimate of drug-likeness (QED) is 0.319. The van der Waals surface area contributed by atoms with Crippen molar-refractivity contribution >= 4 is 14.1 Å². The van der Waals surface area contributed by atoms with Gasteiger partial charge in [-0.15, -0.1) is 0 Å². The number of hydrogen-bond acceptors (Lipinski definition) is 2. The van der Waals surface area contributed by atoms with Gasteiger partial charge in [-0.05, 0) is 37.6 Å². The molecule has 0 rings (SSSR count). The lowest BCUT2D eigenvalue weighted by Crippen LogP contribution is -2.45. The van der Waals surface area contributed by atoms with Gasteiger partial charge in [0.15, 0.2) is 14.1 Å². The summed E-state index contributed by atoms with van der Waals surface area (Å²) in [6, 6.07) is 0. The zero-order valence-corrected chi connectivity index (χ0v) is 15.6. The number of allylic oxidation sites excluding steroid dienone is 1. The maximum atomic E-state index is 12.2. The minimum atomic E-state index is -1.88. The summed E-state index contributed by atoms with van der Waals surface area (Å²) in [7, 11) is -1.88. The van der Waals surface area contributed by atoms with Gasteiger partial charge in [0.1, 0.15) is 6.10 Å². The molecule has 0 fully saturated rings. The molecule has 0 amide bonds. The Balaban J connectivity index is 4.73. The van der Waals surface area contributed by atoms with Crippen LogP contribution in [0.15, 0.2) is 12.2 Å². The first-order valence-corrected chi connectivity index (χ1v) is 10.9. The normalized spacial score (nSPS) is 14.8. The molecule has 20 heavy (non-hydrogen) atoms. The lowest BCUT2D eigenvalue weighted by Gasteiger charge is -2.38. The van der Waals surface area contributed by atoms with Gasteiger partial charge in [0.2, 0.25) is 0 Å². The number of ketones is 1. The molecule has 0 spiro atoms. The fourth-order valence-electron chi connectivity index (χ4n) is 1.82. The Kier molecular flexibility index (Phi) is 8.60. The molecule has 0 aromatic rings. The van der Waals surface area contributed by atoms with Crippen LogP contribution in [0, 0.1) is 0 Å². The summed E-state index contributed by atoms with van der Waals surface area (Å²) in [6.45, 7) is 15.2. The third-order valence-electron chi connectivity index (χ3n) is 4.21. The molecule has 0 aromatic carbocycles. The summed E-state index contributed by atoms with van der Waals surface area (Å²) in [5, 5.41) is 0.144. The Labute approximate surface area is 127 Å². The highest BCUT2D eigenvalue weighted by molar-refractivity contribution is 6.74. The van der Waals surface area contributed by atoms with Gasteiger partial charge in [-0.3, -0.25) is 4.79 Å². The van der Waals surface area contributed by atoms with Crippen molar-refractivity contribution in [2.75, 3.05) is 0 Å². The SMILES string of the molecule is C/C=C/C(=O)C(CCCCCC)O[Si](C)(C)C(C)(C)C. The van der Waals surface area contributed by atoms with E-state index in [1.54, 1.807) is 6.08 Å². The molecule has 0 saturated heterocycles. The van der Waals surface area contributed by atoms with E-state index in [1.165, 1.54) is 19.3 Å². The minimum absolute atomic E-state index is 0.133. The van der Waals surface area contributed by atoms with E-state index in [4.69, 9.17) is 4.43 Å². The highest BCUT2D eigenvalue weighted by Crippen LogP contribution is 2.38. The smallest absolute Gasteiger partial charge is 0.193 e. The molecule has 0 aliphatic carbocycles. The van der Waals surface area contributed by atoms with Crippen LogP contribution in [0.5, 0.6) is 0 Å². The lowest BCUT2D eigenvalue weighted by atomic mass is 10.1. The summed E-state index contributed by atoms with van der Waals surface area (Å²) < 4.78 is 6.34. The maximum Gasteiger partial charge on any atom is 0.193 e. The predicted octanol–water partition coefficient (Wildman–Crippen LogP) is 5.49. The van der Waals surface area contributed by atoms with Crippen LogP contribution < -0.4 is 0 Å². The van der Waals surface area contributed by atoms with Crippen molar-refractivity contribution in [1.82, 2.24) is 0 Å². The Morgan fingerprint density at radius 1 is 1.20 bits per heavy atom. The second-order valence-corrected chi connectivity index (χ2v) is 11.9. The van der Waals surface area contributed by atoms with E-state index < -0.39 is 8.32 Å². The minimum Gasteiger partial charge on any atom is -0.407 e. The summed E-state index contributed by atoms with van der Waals surface area (Å²) in [5.41, 5.74) is 0. The van der Waals surface area contributed by atoms with Gasteiger partial charge in [0.25, 0.3) is 0 Å². The summed E-state index contributed by atoms with van der Waals surface area (Å²) in [6.07, 6.45) is 8.82. The van der Waals surface area contributed by atoms with E-state index in [1.807, 2.05) is 13.0 Å². The number of carbonyl (C=O) groups is 1. The number of hydrogen-bond donors (Lipinski definition) is 0. The second kappa shape index (κ2) is 8.78. The first-order chi connectivity index (χ1) is 9.15. The molecule has 3 heteroatoms. The van der Waals surface area contributed by atoms with Crippen LogP contribution in [0.1, 0.15) is 66.7 Å². The van der Waals surface area contributed by atoms with E-state index in [0.29, 0.717) is 0 Å². The van der Waals surface area contributed by atoms with E-state index in [0.717, 1.165) is 12.8 Å². The van der Waals surface area contributed by atoms with Gasteiger partial charge in [0, 0.05) is 0 Å². The third kappa shape index (κ3) is 6.85. The number of rotatable bonds is 9.